The molecular weight excluding hydrogens is 260 g/mol. The molecule has 1 fully saturated rings. The molecule has 0 saturated heterocycles. The van der Waals surface area contributed by atoms with Crippen molar-refractivity contribution < 1.29 is 4.39 Å². The summed E-state index contributed by atoms with van der Waals surface area (Å²) in [6, 6.07) is 3.16. The maximum Gasteiger partial charge on any atom is 0.160 e. The van der Waals surface area contributed by atoms with Crippen LogP contribution in [0.15, 0.2) is 12.1 Å². The molecule has 17 heavy (non-hydrogen) atoms. The van der Waals surface area contributed by atoms with E-state index in [1.54, 1.807) is 12.1 Å². The lowest BCUT2D eigenvalue weighted by molar-refractivity contribution is 0.518. The zero-order valence-electron chi connectivity index (χ0n) is 9.61. The van der Waals surface area contributed by atoms with E-state index < -0.39 is 5.82 Å². The highest BCUT2D eigenvalue weighted by Crippen LogP contribution is 2.29. The summed E-state index contributed by atoms with van der Waals surface area (Å²) in [6.07, 6.45) is 6.56. The lowest BCUT2D eigenvalue weighted by Gasteiger charge is -2.11. The third kappa shape index (κ3) is 3.49. The average molecular weight is 276 g/mol. The maximum atomic E-state index is 13.2. The van der Waals surface area contributed by atoms with Gasteiger partial charge in [0.25, 0.3) is 0 Å². The SMILES string of the molecule is Fc1c(Cl)cc(NCCC2CCCC2)cc1Cl. The Hall–Kier alpha value is -0.470. The zero-order chi connectivity index (χ0) is 12.3. The van der Waals surface area contributed by atoms with Gasteiger partial charge in [-0.3, -0.25) is 0 Å². The molecule has 1 N–H and O–H groups in total. The molecule has 4 heteroatoms. The number of hydrogen-bond acceptors (Lipinski definition) is 1. The zero-order valence-corrected chi connectivity index (χ0v) is 11.1. The van der Waals surface area contributed by atoms with E-state index in [-0.39, 0.29) is 10.0 Å². The number of benzene rings is 1. The second-order valence-corrected chi connectivity index (χ2v) is 5.43. The number of rotatable bonds is 4. The molecule has 1 aliphatic carbocycles. The van der Waals surface area contributed by atoms with Crippen LogP contribution in [-0.4, -0.2) is 6.54 Å². The van der Waals surface area contributed by atoms with Gasteiger partial charge in [-0.25, -0.2) is 4.39 Å². The fourth-order valence-electron chi connectivity index (χ4n) is 2.38. The van der Waals surface area contributed by atoms with E-state index in [9.17, 15) is 4.39 Å². The lowest BCUT2D eigenvalue weighted by Crippen LogP contribution is -2.06. The van der Waals surface area contributed by atoms with Crippen molar-refractivity contribution in [2.75, 3.05) is 11.9 Å². The van der Waals surface area contributed by atoms with E-state index in [0.717, 1.165) is 24.6 Å². The Morgan fingerprint density at radius 3 is 2.35 bits per heavy atom. The minimum Gasteiger partial charge on any atom is -0.385 e. The molecule has 0 amide bonds. The highest BCUT2D eigenvalue weighted by Gasteiger charge is 2.14. The van der Waals surface area contributed by atoms with E-state index in [1.807, 2.05) is 0 Å². The molecule has 0 unspecified atom stereocenters. The van der Waals surface area contributed by atoms with Crippen molar-refractivity contribution >= 4 is 28.9 Å². The number of hydrogen-bond donors (Lipinski definition) is 1. The van der Waals surface area contributed by atoms with Gasteiger partial charge in [-0.2, -0.15) is 0 Å². The van der Waals surface area contributed by atoms with E-state index in [2.05, 4.69) is 5.32 Å². The molecule has 94 valence electrons. The summed E-state index contributed by atoms with van der Waals surface area (Å²) in [5, 5.41) is 3.39. The van der Waals surface area contributed by atoms with Crippen molar-refractivity contribution in [1.82, 2.24) is 0 Å². The lowest BCUT2D eigenvalue weighted by atomic mass is 10.0. The van der Waals surface area contributed by atoms with Crippen molar-refractivity contribution in [2.45, 2.75) is 32.1 Å². The minimum absolute atomic E-state index is 0.0702. The van der Waals surface area contributed by atoms with E-state index >= 15 is 0 Å². The fourth-order valence-corrected chi connectivity index (χ4v) is 2.86. The van der Waals surface area contributed by atoms with Gasteiger partial charge < -0.3 is 5.32 Å². The molecule has 0 spiro atoms. The van der Waals surface area contributed by atoms with Crippen molar-refractivity contribution in [3.8, 4) is 0 Å². The van der Waals surface area contributed by atoms with Crippen LogP contribution in [-0.2, 0) is 0 Å². The molecule has 0 radical (unpaired) electrons. The Morgan fingerprint density at radius 2 is 1.76 bits per heavy atom. The van der Waals surface area contributed by atoms with E-state index in [0.29, 0.717) is 0 Å². The molecular formula is C13H16Cl2FN. The van der Waals surface area contributed by atoms with Gasteiger partial charge >= 0.3 is 0 Å². The van der Waals surface area contributed by atoms with Crippen LogP contribution in [0.1, 0.15) is 32.1 Å². The molecule has 1 saturated carbocycles. The van der Waals surface area contributed by atoms with Crippen LogP contribution in [0.4, 0.5) is 10.1 Å². The number of anilines is 1. The van der Waals surface area contributed by atoms with E-state index in [1.165, 1.54) is 25.7 Å². The molecule has 0 heterocycles. The summed E-state index contributed by atoms with van der Waals surface area (Å²) in [6.45, 7) is 0.892. The van der Waals surface area contributed by atoms with E-state index in [4.69, 9.17) is 23.2 Å². The molecule has 1 nitrogen and oxygen atoms in total. The summed E-state index contributed by atoms with van der Waals surface area (Å²) >= 11 is 11.5. The highest BCUT2D eigenvalue weighted by molar-refractivity contribution is 6.35. The smallest absolute Gasteiger partial charge is 0.160 e. The third-order valence-electron chi connectivity index (χ3n) is 3.34. The summed E-state index contributed by atoms with van der Waals surface area (Å²) in [5.41, 5.74) is 0.791. The summed E-state index contributed by atoms with van der Waals surface area (Å²) in [7, 11) is 0. The molecule has 0 aromatic heterocycles. The van der Waals surface area contributed by atoms with Crippen LogP contribution in [0.3, 0.4) is 0 Å². The van der Waals surface area contributed by atoms with Gasteiger partial charge in [0.2, 0.25) is 0 Å². The van der Waals surface area contributed by atoms with Crippen molar-refractivity contribution in [3.05, 3.63) is 28.0 Å². The topological polar surface area (TPSA) is 12.0 Å². The van der Waals surface area contributed by atoms with Gasteiger partial charge in [-0.1, -0.05) is 48.9 Å². The van der Waals surface area contributed by atoms with Gasteiger partial charge in [-0.15, -0.1) is 0 Å². The fraction of sp³-hybridized carbons (Fsp3) is 0.538. The van der Waals surface area contributed by atoms with Crippen LogP contribution in [0.5, 0.6) is 0 Å². The Bertz CT molecular complexity index is 366. The first-order valence-electron chi connectivity index (χ1n) is 6.05. The Kier molecular flexibility index (Phi) is 4.52. The average Bonchev–Trinajstić information content (AvgIpc) is 2.79. The molecule has 0 atom stereocenters. The summed E-state index contributed by atoms with van der Waals surface area (Å²) < 4.78 is 13.2. The monoisotopic (exact) mass is 275 g/mol. The quantitative estimate of drug-likeness (QED) is 0.752. The van der Waals surface area contributed by atoms with Crippen molar-refractivity contribution in [3.63, 3.8) is 0 Å². The van der Waals surface area contributed by atoms with Crippen molar-refractivity contribution in [1.29, 1.82) is 0 Å². The predicted molar refractivity (Wildman–Crippen MR) is 71.5 cm³/mol. The number of halogens is 3. The van der Waals surface area contributed by atoms with Crippen LogP contribution in [0, 0.1) is 11.7 Å². The maximum absolute atomic E-state index is 13.2. The van der Waals surface area contributed by atoms with Crippen LogP contribution in [0.2, 0.25) is 10.0 Å². The molecule has 1 aromatic carbocycles. The molecule has 0 aliphatic heterocycles. The van der Waals surface area contributed by atoms with Gasteiger partial charge in [0.1, 0.15) is 0 Å². The first-order valence-corrected chi connectivity index (χ1v) is 6.81. The Labute approximate surface area is 111 Å². The molecule has 0 bridgehead atoms. The van der Waals surface area contributed by atoms with Gasteiger partial charge in [0.15, 0.2) is 5.82 Å². The van der Waals surface area contributed by atoms with Gasteiger partial charge in [0.05, 0.1) is 10.0 Å². The number of nitrogens with one attached hydrogen (secondary N) is 1. The van der Waals surface area contributed by atoms with Gasteiger partial charge in [-0.05, 0) is 24.5 Å². The molecule has 1 aromatic rings. The first-order chi connectivity index (χ1) is 8.16. The van der Waals surface area contributed by atoms with Crippen LogP contribution < -0.4 is 5.32 Å². The molecule has 1 aliphatic rings. The molecule has 2 rings (SSSR count). The Balaban J connectivity index is 1.86. The second kappa shape index (κ2) is 5.92. The third-order valence-corrected chi connectivity index (χ3v) is 3.89. The second-order valence-electron chi connectivity index (χ2n) is 4.62. The summed E-state index contributed by atoms with van der Waals surface area (Å²) in [4.78, 5) is 0. The normalized spacial score (nSPS) is 16.4. The minimum atomic E-state index is -0.547. The van der Waals surface area contributed by atoms with Gasteiger partial charge in [0, 0.05) is 12.2 Å². The van der Waals surface area contributed by atoms with Crippen molar-refractivity contribution in [2.24, 2.45) is 5.92 Å². The van der Waals surface area contributed by atoms with Crippen LogP contribution >= 0.6 is 23.2 Å². The standard InChI is InChI=1S/C13H16Cl2FN/c14-11-7-10(8-12(15)13(11)16)17-6-5-9-3-1-2-4-9/h7-9,17H,1-6H2. The first kappa shape index (κ1) is 13.0. The predicted octanol–water partition coefficient (Wildman–Crippen LogP) is 5.12. The largest absolute Gasteiger partial charge is 0.385 e. The van der Waals surface area contributed by atoms with Crippen LogP contribution in [0.25, 0.3) is 0 Å². The summed E-state index contributed by atoms with van der Waals surface area (Å²) in [5.74, 6) is 0.295. The Morgan fingerprint density at radius 1 is 1.18 bits per heavy atom. The highest BCUT2D eigenvalue weighted by atomic mass is 35.5.